The first-order chi connectivity index (χ1) is 9.52. The van der Waals surface area contributed by atoms with E-state index in [2.05, 4.69) is 15.4 Å². The molecule has 0 bridgehead atoms. The van der Waals surface area contributed by atoms with Crippen LogP contribution in [0.25, 0.3) is 10.9 Å². The van der Waals surface area contributed by atoms with Crippen LogP contribution in [-0.4, -0.2) is 33.3 Å². The molecule has 0 aromatic carbocycles. The van der Waals surface area contributed by atoms with E-state index in [0.717, 1.165) is 10.9 Å². The van der Waals surface area contributed by atoms with E-state index in [1.807, 2.05) is 20.2 Å². The molecule has 0 radical (unpaired) electrons. The predicted octanol–water partition coefficient (Wildman–Crippen LogP) is 1.53. The average molecular weight is 295 g/mol. The molecule has 1 saturated heterocycles. The van der Waals surface area contributed by atoms with E-state index >= 15 is 0 Å². The Morgan fingerprint density at radius 3 is 3.10 bits per heavy atom. The molecule has 2 atom stereocenters. The molecule has 3 heterocycles. The molecular formula is C13H15ClN4O2. The Labute approximate surface area is 121 Å². The summed E-state index contributed by atoms with van der Waals surface area (Å²) in [4.78, 5) is 15.5. The number of rotatable bonds is 3. The van der Waals surface area contributed by atoms with Gasteiger partial charge >= 0.3 is 0 Å². The second-order valence-corrected chi connectivity index (χ2v) is 5.46. The predicted molar refractivity (Wildman–Crippen MR) is 74.7 cm³/mol. The van der Waals surface area contributed by atoms with Crippen molar-refractivity contribution in [3.8, 4) is 5.88 Å². The van der Waals surface area contributed by atoms with E-state index in [1.165, 1.54) is 0 Å². The molecule has 1 unspecified atom stereocenters. The van der Waals surface area contributed by atoms with Gasteiger partial charge in [0.1, 0.15) is 16.8 Å². The molecule has 3 rings (SSSR count). The van der Waals surface area contributed by atoms with Gasteiger partial charge < -0.3 is 10.1 Å². The summed E-state index contributed by atoms with van der Waals surface area (Å²) >= 11 is 5.99. The van der Waals surface area contributed by atoms with Crippen molar-refractivity contribution >= 4 is 28.4 Å². The van der Waals surface area contributed by atoms with Gasteiger partial charge in [-0.2, -0.15) is 5.10 Å². The summed E-state index contributed by atoms with van der Waals surface area (Å²) in [5.41, 5.74) is 0.746. The lowest BCUT2D eigenvalue weighted by molar-refractivity contribution is -0.119. The Bertz CT molecular complexity index is 670. The van der Waals surface area contributed by atoms with Gasteiger partial charge in [0, 0.05) is 38.2 Å². The number of nitrogens with zero attached hydrogens (tertiary/aromatic N) is 3. The monoisotopic (exact) mass is 294 g/mol. The van der Waals surface area contributed by atoms with Crippen LogP contribution in [0.5, 0.6) is 5.88 Å². The highest BCUT2D eigenvalue weighted by molar-refractivity contribution is 6.30. The molecule has 6 nitrogen and oxygen atoms in total. The molecule has 7 heteroatoms. The number of nitrogens with one attached hydrogen (secondary N) is 1. The number of ether oxygens (including phenoxy) is 1. The van der Waals surface area contributed by atoms with E-state index < -0.39 is 0 Å². The van der Waals surface area contributed by atoms with Gasteiger partial charge in [-0.1, -0.05) is 11.6 Å². The summed E-state index contributed by atoms with van der Waals surface area (Å²) < 4.78 is 7.61. The van der Waals surface area contributed by atoms with Crippen molar-refractivity contribution in [2.24, 2.45) is 13.0 Å². The summed E-state index contributed by atoms with van der Waals surface area (Å²) in [6, 6.07) is 1.70. The van der Waals surface area contributed by atoms with E-state index in [1.54, 1.807) is 10.7 Å². The molecular weight excluding hydrogens is 280 g/mol. The zero-order valence-electron chi connectivity index (χ0n) is 11.3. The van der Waals surface area contributed by atoms with Crippen molar-refractivity contribution in [2.75, 3.05) is 6.54 Å². The highest BCUT2D eigenvalue weighted by Gasteiger charge is 2.28. The Balaban J connectivity index is 1.88. The standard InChI is InChI=1S/C13H15ClN4O2/c1-7(8-3-12(19)15-5-8)20-13-9-6-18(2)17-10(9)4-11(14)16-13/h4,6-8H,3,5H2,1-2H3,(H,15,19)/t7?,8-/m1/s1. The maximum absolute atomic E-state index is 11.3. The van der Waals surface area contributed by atoms with Gasteiger partial charge in [0.2, 0.25) is 11.8 Å². The highest BCUT2D eigenvalue weighted by atomic mass is 35.5. The summed E-state index contributed by atoms with van der Waals surface area (Å²) in [6.45, 7) is 2.58. The lowest BCUT2D eigenvalue weighted by Crippen LogP contribution is -2.26. The molecule has 1 amide bonds. The molecule has 2 aromatic rings. The first-order valence-electron chi connectivity index (χ1n) is 6.46. The number of fused-ring (bicyclic) bond motifs is 1. The zero-order valence-corrected chi connectivity index (χ0v) is 12.0. The van der Waals surface area contributed by atoms with Gasteiger partial charge in [0.15, 0.2) is 0 Å². The van der Waals surface area contributed by atoms with E-state index in [4.69, 9.17) is 16.3 Å². The van der Waals surface area contributed by atoms with Crippen LogP contribution in [0.2, 0.25) is 5.15 Å². The largest absolute Gasteiger partial charge is 0.474 e. The van der Waals surface area contributed by atoms with Crippen molar-refractivity contribution < 1.29 is 9.53 Å². The van der Waals surface area contributed by atoms with Crippen molar-refractivity contribution in [2.45, 2.75) is 19.4 Å². The lowest BCUT2D eigenvalue weighted by Gasteiger charge is -2.19. The second-order valence-electron chi connectivity index (χ2n) is 5.08. The molecule has 0 saturated carbocycles. The van der Waals surface area contributed by atoms with Crippen LogP contribution in [0.15, 0.2) is 12.3 Å². The van der Waals surface area contributed by atoms with Gasteiger partial charge in [0.05, 0.1) is 5.39 Å². The fraction of sp³-hybridized carbons (Fsp3) is 0.462. The van der Waals surface area contributed by atoms with Crippen molar-refractivity contribution in [3.63, 3.8) is 0 Å². The Morgan fingerprint density at radius 2 is 2.40 bits per heavy atom. The van der Waals surface area contributed by atoms with Crippen LogP contribution in [0.3, 0.4) is 0 Å². The maximum Gasteiger partial charge on any atom is 0.226 e. The number of carbonyl (C=O) groups excluding carboxylic acids is 1. The zero-order chi connectivity index (χ0) is 14.3. The van der Waals surface area contributed by atoms with E-state index in [-0.39, 0.29) is 17.9 Å². The minimum atomic E-state index is -0.122. The average Bonchev–Trinajstić information content (AvgIpc) is 2.94. The molecule has 0 aliphatic carbocycles. The molecule has 1 aliphatic rings. The molecule has 106 valence electrons. The van der Waals surface area contributed by atoms with Crippen molar-refractivity contribution in [3.05, 3.63) is 17.4 Å². The van der Waals surface area contributed by atoms with Gasteiger partial charge in [-0.15, -0.1) is 0 Å². The fourth-order valence-electron chi connectivity index (χ4n) is 2.40. The molecule has 0 spiro atoms. The van der Waals surface area contributed by atoms with Crippen LogP contribution in [0.4, 0.5) is 0 Å². The number of amides is 1. The van der Waals surface area contributed by atoms with Gasteiger partial charge in [0.25, 0.3) is 0 Å². The van der Waals surface area contributed by atoms with Crippen LogP contribution in [-0.2, 0) is 11.8 Å². The number of hydrogen-bond acceptors (Lipinski definition) is 4. The number of pyridine rings is 1. The summed E-state index contributed by atoms with van der Waals surface area (Å²) in [6.07, 6.45) is 2.21. The Kier molecular flexibility index (Phi) is 3.25. The number of hydrogen-bond donors (Lipinski definition) is 1. The van der Waals surface area contributed by atoms with Crippen molar-refractivity contribution in [1.29, 1.82) is 0 Å². The van der Waals surface area contributed by atoms with Gasteiger partial charge in [-0.25, -0.2) is 4.98 Å². The molecule has 1 fully saturated rings. The first-order valence-corrected chi connectivity index (χ1v) is 6.84. The Hall–Kier alpha value is -1.82. The van der Waals surface area contributed by atoms with Crippen LogP contribution < -0.4 is 10.1 Å². The Morgan fingerprint density at radius 1 is 1.60 bits per heavy atom. The smallest absolute Gasteiger partial charge is 0.226 e. The molecule has 1 N–H and O–H groups in total. The molecule has 1 aliphatic heterocycles. The summed E-state index contributed by atoms with van der Waals surface area (Å²) in [7, 11) is 1.83. The quantitative estimate of drug-likeness (QED) is 0.872. The summed E-state index contributed by atoms with van der Waals surface area (Å²) in [5.74, 6) is 0.679. The van der Waals surface area contributed by atoms with Crippen LogP contribution in [0.1, 0.15) is 13.3 Å². The van der Waals surface area contributed by atoms with Crippen molar-refractivity contribution in [1.82, 2.24) is 20.1 Å². The maximum atomic E-state index is 11.3. The number of carbonyl (C=O) groups is 1. The minimum absolute atomic E-state index is 0.0658. The third-order valence-corrected chi connectivity index (χ3v) is 3.72. The third-order valence-electron chi connectivity index (χ3n) is 3.52. The van der Waals surface area contributed by atoms with Gasteiger partial charge in [-0.05, 0) is 6.92 Å². The topological polar surface area (TPSA) is 69.0 Å². The normalized spacial score (nSPS) is 20.1. The molecule has 20 heavy (non-hydrogen) atoms. The highest BCUT2D eigenvalue weighted by Crippen LogP contribution is 2.28. The summed E-state index contributed by atoms with van der Waals surface area (Å²) in [5, 5.41) is 8.27. The third kappa shape index (κ3) is 2.43. The number of halogens is 1. The van der Waals surface area contributed by atoms with Gasteiger partial charge in [-0.3, -0.25) is 9.48 Å². The van der Waals surface area contributed by atoms with E-state index in [0.29, 0.717) is 24.0 Å². The second kappa shape index (κ2) is 4.94. The van der Waals surface area contributed by atoms with E-state index in [9.17, 15) is 4.79 Å². The molecule has 2 aromatic heterocycles. The van der Waals surface area contributed by atoms with Crippen LogP contribution >= 0.6 is 11.6 Å². The SMILES string of the molecule is CC(Oc1nc(Cl)cc2nn(C)cc12)[C@H]1CNC(=O)C1. The lowest BCUT2D eigenvalue weighted by atomic mass is 10.0. The fourth-order valence-corrected chi connectivity index (χ4v) is 2.58. The van der Waals surface area contributed by atoms with Crippen LogP contribution in [0, 0.1) is 5.92 Å². The first kappa shape index (κ1) is 13.2. The number of aryl methyl sites for hydroxylation is 1. The minimum Gasteiger partial charge on any atom is -0.474 e. The number of aromatic nitrogens is 3.